The fourth-order valence-corrected chi connectivity index (χ4v) is 3.54. The molecule has 1 aromatic carbocycles. The lowest BCUT2D eigenvalue weighted by Gasteiger charge is -2.08. The average Bonchev–Trinajstić information content (AvgIpc) is 2.97. The number of fused-ring (bicyclic) bond motifs is 1. The number of rotatable bonds is 5. The smallest absolute Gasteiger partial charge is 0.252 e. The minimum Gasteiger partial charge on any atom is -0.367 e. The molecule has 0 saturated carbocycles. The largest absolute Gasteiger partial charge is 0.367 e. The van der Waals surface area contributed by atoms with Crippen LogP contribution in [0.2, 0.25) is 10.0 Å². The maximum absolute atomic E-state index is 12.3. The summed E-state index contributed by atoms with van der Waals surface area (Å²) < 4.78 is 1.10. The van der Waals surface area contributed by atoms with Crippen molar-refractivity contribution < 1.29 is 4.79 Å². The van der Waals surface area contributed by atoms with Crippen molar-refractivity contribution in [2.75, 3.05) is 18.4 Å². The Kier molecular flexibility index (Phi) is 5.00. The molecule has 3 rings (SSSR count). The van der Waals surface area contributed by atoms with Gasteiger partial charge < -0.3 is 10.6 Å². The molecule has 0 fully saturated rings. The van der Waals surface area contributed by atoms with Crippen molar-refractivity contribution in [2.45, 2.75) is 0 Å². The first-order chi connectivity index (χ1) is 11.1. The molecule has 0 spiro atoms. The van der Waals surface area contributed by atoms with Gasteiger partial charge in [-0.15, -0.1) is 11.3 Å². The molecule has 0 aliphatic heterocycles. The molecule has 0 bridgehead atoms. The van der Waals surface area contributed by atoms with Gasteiger partial charge in [-0.2, -0.15) is 0 Å². The topological polar surface area (TPSA) is 54.0 Å². The van der Waals surface area contributed by atoms with Gasteiger partial charge in [-0.1, -0.05) is 41.4 Å². The third-order valence-electron chi connectivity index (χ3n) is 3.24. The molecule has 2 heterocycles. The standard InChI is InChI=1S/C16H13Cl2N3OS/c17-10-7-13(18)15(21-8-10)19-5-6-20-16(22)12-9-23-14-4-2-1-3-11(12)14/h1-4,7-9H,5-6H2,(H,19,21)(H,20,22). The Morgan fingerprint density at radius 3 is 2.87 bits per heavy atom. The van der Waals surface area contributed by atoms with Gasteiger partial charge in [-0.05, 0) is 12.1 Å². The Labute approximate surface area is 147 Å². The van der Waals surface area contributed by atoms with E-state index >= 15 is 0 Å². The number of carbonyl (C=O) groups excluding carboxylic acids is 1. The number of amides is 1. The number of hydrogen-bond acceptors (Lipinski definition) is 4. The number of thiophene rings is 1. The summed E-state index contributed by atoms with van der Waals surface area (Å²) in [4.78, 5) is 16.4. The highest BCUT2D eigenvalue weighted by Crippen LogP contribution is 2.25. The van der Waals surface area contributed by atoms with E-state index in [1.807, 2.05) is 29.6 Å². The number of pyridine rings is 1. The van der Waals surface area contributed by atoms with Gasteiger partial charge >= 0.3 is 0 Å². The molecule has 4 nitrogen and oxygen atoms in total. The third-order valence-corrected chi connectivity index (χ3v) is 4.69. The molecule has 0 radical (unpaired) electrons. The summed E-state index contributed by atoms with van der Waals surface area (Å²) in [6.07, 6.45) is 1.52. The Morgan fingerprint density at radius 2 is 2.04 bits per heavy atom. The van der Waals surface area contributed by atoms with Crippen LogP contribution < -0.4 is 10.6 Å². The lowest BCUT2D eigenvalue weighted by Crippen LogP contribution is -2.28. The predicted octanol–water partition coefficient (Wildman–Crippen LogP) is 4.45. The number of benzene rings is 1. The minimum absolute atomic E-state index is 0.0839. The second kappa shape index (κ2) is 7.17. The van der Waals surface area contributed by atoms with Gasteiger partial charge in [0.2, 0.25) is 0 Å². The number of aromatic nitrogens is 1. The SMILES string of the molecule is O=C(NCCNc1ncc(Cl)cc1Cl)c1csc2ccccc12. The zero-order chi connectivity index (χ0) is 16.2. The predicted molar refractivity (Wildman–Crippen MR) is 96.9 cm³/mol. The van der Waals surface area contributed by atoms with Crippen LogP contribution in [0, 0.1) is 0 Å². The number of halogens is 2. The summed E-state index contributed by atoms with van der Waals surface area (Å²) in [5.41, 5.74) is 0.702. The molecular formula is C16H13Cl2N3OS. The molecule has 3 aromatic rings. The van der Waals surface area contributed by atoms with E-state index in [1.54, 1.807) is 17.4 Å². The van der Waals surface area contributed by atoms with Crippen LogP contribution in [0.1, 0.15) is 10.4 Å². The second-order valence-electron chi connectivity index (χ2n) is 4.81. The van der Waals surface area contributed by atoms with Gasteiger partial charge in [0.05, 0.1) is 15.6 Å². The van der Waals surface area contributed by atoms with Crippen molar-refractivity contribution >= 4 is 56.3 Å². The van der Waals surface area contributed by atoms with Crippen molar-refractivity contribution in [3.05, 3.63) is 57.5 Å². The highest BCUT2D eigenvalue weighted by Gasteiger charge is 2.11. The van der Waals surface area contributed by atoms with Gasteiger partial charge in [0.15, 0.2) is 0 Å². The quantitative estimate of drug-likeness (QED) is 0.656. The van der Waals surface area contributed by atoms with Crippen molar-refractivity contribution in [1.82, 2.24) is 10.3 Å². The lowest BCUT2D eigenvalue weighted by atomic mass is 10.1. The molecular weight excluding hydrogens is 353 g/mol. The van der Waals surface area contributed by atoms with Gasteiger partial charge in [0, 0.05) is 34.8 Å². The van der Waals surface area contributed by atoms with Crippen LogP contribution in [-0.4, -0.2) is 24.0 Å². The van der Waals surface area contributed by atoms with E-state index in [1.165, 1.54) is 6.20 Å². The summed E-state index contributed by atoms with van der Waals surface area (Å²) in [6, 6.07) is 9.48. The normalized spacial score (nSPS) is 10.7. The van der Waals surface area contributed by atoms with Crippen LogP contribution in [0.15, 0.2) is 41.9 Å². The van der Waals surface area contributed by atoms with Crippen LogP contribution in [-0.2, 0) is 0 Å². The zero-order valence-electron chi connectivity index (χ0n) is 12.0. The van der Waals surface area contributed by atoms with Crippen LogP contribution in [0.5, 0.6) is 0 Å². The summed E-state index contributed by atoms with van der Waals surface area (Å²) >= 11 is 13.4. The van der Waals surface area contributed by atoms with Crippen LogP contribution in [0.3, 0.4) is 0 Å². The Hall–Kier alpha value is -1.82. The Morgan fingerprint density at radius 1 is 1.22 bits per heavy atom. The number of carbonyl (C=O) groups is 1. The van der Waals surface area contributed by atoms with E-state index in [2.05, 4.69) is 15.6 Å². The van der Waals surface area contributed by atoms with E-state index in [9.17, 15) is 4.79 Å². The van der Waals surface area contributed by atoms with Gasteiger partial charge in [0.25, 0.3) is 5.91 Å². The van der Waals surface area contributed by atoms with Crippen molar-refractivity contribution in [3.63, 3.8) is 0 Å². The molecule has 0 aliphatic carbocycles. The third kappa shape index (κ3) is 3.75. The molecule has 0 unspecified atom stereocenters. The summed E-state index contributed by atoms with van der Waals surface area (Å²) in [7, 11) is 0. The Bertz CT molecular complexity index is 850. The first kappa shape index (κ1) is 16.1. The van der Waals surface area contributed by atoms with E-state index in [0.29, 0.717) is 34.5 Å². The molecule has 2 aromatic heterocycles. The first-order valence-electron chi connectivity index (χ1n) is 6.94. The molecule has 118 valence electrons. The molecule has 0 atom stereocenters. The summed E-state index contributed by atoms with van der Waals surface area (Å²) in [6.45, 7) is 0.978. The van der Waals surface area contributed by atoms with Gasteiger partial charge in [-0.25, -0.2) is 4.98 Å². The number of hydrogen-bond donors (Lipinski definition) is 2. The fraction of sp³-hybridized carbons (Fsp3) is 0.125. The van der Waals surface area contributed by atoms with E-state index in [4.69, 9.17) is 23.2 Å². The van der Waals surface area contributed by atoms with Gasteiger partial charge in [-0.3, -0.25) is 4.79 Å². The van der Waals surface area contributed by atoms with Crippen molar-refractivity contribution in [1.29, 1.82) is 0 Å². The van der Waals surface area contributed by atoms with E-state index in [-0.39, 0.29) is 5.91 Å². The van der Waals surface area contributed by atoms with Crippen molar-refractivity contribution in [2.24, 2.45) is 0 Å². The molecule has 0 saturated heterocycles. The Balaban J connectivity index is 1.55. The highest BCUT2D eigenvalue weighted by molar-refractivity contribution is 7.17. The summed E-state index contributed by atoms with van der Waals surface area (Å²) in [5.74, 6) is 0.464. The maximum Gasteiger partial charge on any atom is 0.252 e. The van der Waals surface area contributed by atoms with E-state index < -0.39 is 0 Å². The number of nitrogens with zero attached hydrogens (tertiary/aromatic N) is 1. The lowest BCUT2D eigenvalue weighted by molar-refractivity contribution is 0.0957. The zero-order valence-corrected chi connectivity index (χ0v) is 14.3. The molecule has 1 amide bonds. The summed E-state index contributed by atoms with van der Waals surface area (Å²) in [5, 5.41) is 9.74. The second-order valence-corrected chi connectivity index (χ2v) is 6.57. The van der Waals surface area contributed by atoms with Crippen LogP contribution in [0.25, 0.3) is 10.1 Å². The van der Waals surface area contributed by atoms with Gasteiger partial charge in [0.1, 0.15) is 5.82 Å². The monoisotopic (exact) mass is 365 g/mol. The molecule has 7 heteroatoms. The highest BCUT2D eigenvalue weighted by atomic mass is 35.5. The molecule has 2 N–H and O–H groups in total. The minimum atomic E-state index is -0.0839. The molecule has 23 heavy (non-hydrogen) atoms. The molecule has 0 aliphatic rings. The van der Waals surface area contributed by atoms with E-state index in [0.717, 1.165) is 10.1 Å². The van der Waals surface area contributed by atoms with Crippen LogP contribution >= 0.6 is 34.5 Å². The van der Waals surface area contributed by atoms with Crippen LogP contribution in [0.4, 0.5) is 5.82 Å². The maximum atomic E-state index is 12.3. The average molecular weight is 366 g/mol. The number of nitrogens with one attached hydrogen (secondary N) is 2. The van der Waals surface area contributed by atoms with Crippen molar-refractivity contribution in [3.8, 4) is 0 Å². The fourth-order valence-electron chi connectivity index (χ4n) is 2.15. The first-order valence-corrected chi connectivity index (χ1v) is 8.58. The number of anilines is 1.